The molecule has 0 bridgehead atoms. The Morgan fingerprint density at radius 1 is 1.18 bits per heavy atom. The number of hydrogen-bond donors (Lipinski definition) is 3. The Hall–Kier alpha value is -3.74. The van der Waals surface area contributed by atoms with Crippen LogP contribution in [0.4, 0.5) is 23.1 Å². The Labute approximate surface area is 222 Å². The lowest BCUT2D eigenvalue weighted by Crippen LogP contribution is -2.49. The van der Waals surface area contributed by atoms with Crippen LogP contribution < -0.4 is 19.8 Å². The average molecular weight is 537 g/mol. The van der Waals surface area contributed by atoms with Gasteiger partial charge in [-0.15, -0.1) is 0 Å². The van der Waals surface area contributed by atoms with Crippen molar-refractivity contribution in [1.82, 2.24) is 24.8 Å². The molecule has 3 N–H and O–H groups in total. The number of nitrogens with zero attached hydrogens (tertiary/aromatic N) is 6. The minimum atomic E-state index is -3.62. The Morgan fingerprint density at radius 2 is 2.00 bits per heavy atom. The number of piperazine rings is 1. The number of aliphatic hydroxyl groups excluding tert-OH is 1. The summed E-state index contributed by atoms with van der Waals surface area (Å²) in [6, 6.07) is 14.2. The zero-order valence-corrected chi connectivity index (χ0v) is 22.3. The second-order valence-electron chi connectivity index (χ2n) is 9.43. The van der Waals surface area contributed by atoms with Gasteiger partial charge in [0, 0.05) is 66.6 Å². The van der Waals surface area contributed by atoms with Gasteiger partial charge in [-0.05, 0) is 43.3 Å². The van der Waals surface area contributed by atoms with Gasteiger partial charge < -0.3 is 25.2 Å². The van der Waals surface area contributed by atoms with E-state index in [1.807, 2.05) is 35.0 Å². The molecule has 1 aromatic carbocycles. The maximum atomic E-state index is 12.4. The van der Waals surface area contributed by atoms with Gasteiger partial charge >= 0.3 is 0 Å². The molecule has 0 spiro atoms. The molecule has 11 nitrogen and oxygen atoms in total. The van der Waals surface area contributed by atoms with Crippen LogP contribution in [0.2, 0.25) is 0 Å². The van der Waals surface area contributed by atoms with Crippen LogP contribution >= 0.6 is 0 Å². The summed E-state index contributed by atoms with van der Waals surface area (Å²) in [4.78, 5) is 15.9. The van der Waals surface area contributed by atoms with E-state index in [0.717, 1.165) is 41.3 Å². The molecule has 38 heavy (non-hydrogen) atoms. The molecular formula is C26H32N8O3S. The summed E-state index contributed by atoms with van der Waals surface area (Å²) < 4.78 is 27.8. The van der Waals surface area contributed by atoms with Gasteiger partial charge in [0.05, 0.1) is 26.0 Å². The summed E-state index contributed by atoms with van der Waals surface area (Å²) in [6.45, 7) is 5.09. The summed E-state index contributed by atoms with van der Waals surface area (Å²) in [7, 11) is -3.62. The predicted molar refractivity (Wildman–Crippen MR) is 150 cm³/mol. The van der Waals surface area contributed by atoms with Crippen LogP contribution in [-0.4, -0.2) is 78.1 Å². The van der Waals surface area contributed by atoms with Gasteiger partial charge in [0.1, 0.15) is 11.5 Å². The van der Waals surface area contributed by atoms with Gasteiger partial charge in [0.15, 0.2) is 0 Å². The highest BCUT2D eigenvalue weighted by molar-refractivity contribution is 7.92. The summed E-state index contributed by atoms with van der Waals surface area (Å²) >= 11 is 0. The molecule has 1 atom stereocenters. The molecule has 0 radical (unpaired) electrons. The average Bonchev–Trinajstić information content (AvgIpc) is 3.29. The molecule has 200 valence electrons. The fourth-order valence-corrected chi connectivity index (χ4v) is 5.58. The minimum absolute atomic E-state index is 0.0715. The summed E-state index contributed by atoms with van der Waals surface area (Å²) in [5, 5.41) is 17.0. The Balaban J connectivity index is 1.37. The van der Waals surface area contributed by atoms with Gasteiger partial charge in [-0.3, -0.25) is 4.31 Å². The number of anilines is 4. The fourth-order valence-electron chi connectivity index (χ4n) is 4.69. The first-order valence-corrected chi connectivity index (χ1v) is 14.4. The highest BCUT2D eigenvalue weighted by Gasteiger charge is 2.22. The van der Waals surface area contributed by atoms with Gasteiger partial charge in [0.25, 0.3) is 0 Å². The third kappa shape index (κ3) is 5.72. The molecule has 12 heteroatoms. The van der Waals surface area contributed by atoms with Crippen LogP contribution in [-0.2, 0) is 16.6 Å². The van der Waals surface area contributed by atoms with Crippen molar-refractivity contribution in [3.8, 4) is 0 Å². The molecule has 0 unspecified atom stereocenters. The molecule has 4 aromatic rings. The smallest absolute Gasteiger partial charge is 0.233 e. The summed E-state index contributed by atoms with van der Waals surface area (Å²) in [6.07, 6.45) is 6.30. The normalized spacial score (nSPS) is 16.1. The number of pyridine rings is 1. The largest absolute Gasteiger partial charge is 0.394 e. The molecular weight excluding hydrogens is 504 g/mol. The first-order valence-electron chi connectivity index (χ1n) is 12.5. The zero-order valence-electron chi connectivity index (χ0n) is 21.4. The minimum Gasteiger partial charge on any atom is -0.394 e. The first-order chi connectivity index (χ1) is 18.3. The number of aliphatic hydroxyl groups is 1. The van der Waals surface area contributed by atoms with E-state index in [9.17, 15) is 13.5 Å². The van der Waals surface area contributed by atoms with Crippen LogP contribution in [0.3, 0.4) is 0 Å². The molecule has 5 rings (SSSR count). The zero-order chi connectivity index (χ0) is 26.7. The van der Waals surface area contributed by atoms with Gasteiger partial charge in [-0.1, -0.05) is 6.07 Å². The van der Waals surface area contributed by atoms with E-state index in [0.29, 0.717) is 29.7 Å². The van der Waals surface area contributed by atoms with Crippen molar-refractivity contribution in [3.05, 3.63) is 66.6 Å². The quantitative estimate of drug-likeness (QED) is 0.295. The fraction of sp³-hybridized carbons (Fsp3) is 0.346. The topological polar surface area (TPSA) is 129 Å². The number of fused-ring (bicyclic) bond motifs is 1. The van der Waals surface area contributed by atoms with Gasteiger partial charge in [0.2, 0.25) is 16.0 Å². The first kappa shape index (κ1) is 25.9. The molecule has 3 aromatic heterocycles. The van der Waals surface area contributed by atoms with Gasteiger partial charge in [-0.25, -0.2) is 18.4 Å². The molecule has 1 fully saturated rings. The van der Waals surface area contributed by atoms with Gasteiger partial charge in [-0.2, -0.15) is 4.98 Å². The van der Waals surface area contributed by atoms with Crippen molar-refractivity contribution in [3.63, 3.8) is 0 Å². The highest BCUT2D eigenvalue weighted by atomic mass is 32.2. The molecule has 1 aliphatic rings. The Bertz CT molecular complexity index is 1510. The van der Waals surface area contributed by atoms with E-state index < -0.39 is 10.0 Å². The van der Waals surface area contributed by atoms with Crippen LogP contribution in [0.1, 0.15) is 12.5 Å². The molecule has 0 amide bonds. The van der Waals surface area contributed by atoms with Crippen molar-refractivity contribution in [2.45, 2.75) is 19.5 Å². The number of sulfonamides is 1. The summed E-state index contributed by atoms with van der Waals surface area (Å²) in [5.41, 5.74) is 3.47. The third-order valence-electron chi connectivity index (χ3n) is 6.51. The van der Waals surface area contributed by atoms with Crippen LogP contribution in [0.25, 0.3) is 11.0 Å². The molecule has 1 aliphatic heterocycles. The van der Waals surface area contributed by atoms with Crippen molar-refractivity contribution < 1.29 is 13.5 Å². The van der Waals surface area contributed by atoms with Crippen LogP contribution in [0, 0.1) is 0 Å². The molecule has 4 heterocycles. The van der Waals surface area contributed by atoms with E-state index in [1.54, 1.807) is 18.5 Å². The molecule has 0 aliphatic carbocycles. The maximum absolute atomic E-state index is 12.4. The molecule has 1 saturated heterocycles. The second kappa shape index (κ2) is 10.9. The Morgan fingerprint density at radius 3 is 2.74 bits per heavy atom. The third-order valence-corrected chi connectivity index (χ3v) is 7.66. The monoisotopic (exact) mass is 536 g/mol. The lowest BCUT2D eigenvalue weighted by atomic mass is 10.2. The highest BCUT2D eigenvalue weighted by Crippen LogP contribution is 2.25. The van der Waals surface area contributed by atoms with E-state index in [2.05, 4.69) is 44.6 Å². The number of benzene rings is 1. The van der Waals surface area contributed by atoms with Crippen LogP contribution in [0.15, 0.2) is 61.1 Å². The standard InChI is InChI=1S/C26H32N8O3S/c1-19-17-32(13-11-27-19)23-7-5-22(6-8-23)30-26-29-16-20-9-12-33(25(20)31-26)18-21-4-3-10-28-24(21)34(14-15-35)38(2,36)37/h3-10,12,16,19,27,35H,11,13-15,17-18H2,1-2H3,(H,29,30,31)/t19-/m1/s1. The lowest BCUT2D eigenvalue weighted by molar-refractivity contribution is 0.306. The van der Waals surface area contributed by atoms with Crippen molar-refractivity contribution in [2.24, 2.45) is 0 Å². The Kier molecular flexibility index (Phi) is 7.45. The number of nitrogens with one attached hydrogen (secondary N) is 2. The van der Waals surface area contributed by atoms with E-state index in [-0.39, 0.29) is 19.0 Å². The number of aromatic nitrogens is 4. The maximum Gasteiger partial charge on any atom is 0.233 e. The predicted octanol–water partition coefficient (Wildman–Crippen LogP) is 2.17. The van der Waals surface area contributed by atoms with E-state index in [1.165, 1.54) is 5.69 Å². The van der Waals surface area contributed by atoms with E-state index in [4.69, 9.17) is 4.98 Å². The lowest BCUT2D eigenvalue weighted by Gasteiger charge is -2.33. The number of hydrogen-bond acceptors (Lipinski definition) is 9. The van der Waals surface area contributed by atoms with Crippen LogP contribution in [0.5, 0.6) is 0 Å². The second-order valence-corrected chi connectivity index (χ2v) is 11.3. The van der Waals surface area contributed by atoms with E-state index >= 15 is 0 Å². The number of rotatable bonds is 9. The molecule has 0 saturated carbocycles. The van der Waals surface area contributed by atoms with Crippen molar-refractivity contribution in [2.75, 3.05) is 53.6 Å². The van der Waals surface area contributed by atoms with Crippen molar-refractivity contribution >= 4 is 44.2 Å². The van der Waals surface area contributed by atoms with Crippen molar-refractivity contribution in [1.29, 1.82) is 0 Å². The summed E-state index contributed by atoms with van der Waals surface area (Å²) in [5.74, 6) is 0.753. The SMILES string of the molecule is C[C@@H]1CN(c2ccc(Nc3ncc4ccn(Cc5cccnc5N(CCO)S(C)(=O)=O)c4n3)cc2)CCN1.